The highest BCUT2D eigenvalue weighted by molar-refractivity contribution is 5.80. The van der Waals surface area contributed by atoms with Crippen LogP contribution in [0, 0.1) is 5.92 Å². The monoisotopic (exact) mass is 264 g/mol. The summed E-state index contributed by atoms with van der Waals surface area (Å²) < 4.78 is 5.42. The van der Waals surface area contributed by atoms with E-state index in [4.69, 9.17) is 10.5 Å². The summed E-state index contributed by atoms with van der Waals surface area (Å²) >= 11 is 0. The molecule has 3 N–H and O–H groups in total. The topological polar surface area (TPSA) is 84.2 Å². The van der Waals surface area contributed by atoms with E-state index in [1.54, 1.807) is 7.11 Å². The first-order valence-corrected chi connectivity index (χ1v) is 6.72. The Bertz CT molecular complexity index is 473. The summed E-state index contributed by atoms with van der Waals surface area (Å²) in [7, 11) is 1.67. The number of hydrogen-bond acceptors (Lipinski definition) is 4. The van der Waals surface area contributed by atoms with E-state index in [9.17, 15) is 4.79 Å². The molecule has 0 spiro atoms. The molecule has 0 saturated heterocycles. The Morgan fingerprint density at radius 3 is 3.16 bits per heavy atom. The van der Waals surface area contributed by atoms with Crippen LogP contribution in [-0.4, -0.2) is 46.8 Å². The molecule has 1 saturated carbocycles. The molecule has 1 aromatic rings. The molecule has 0 atom stereocenters. The quantitative estimate of drug-likeness (QED) is 0.808. The van der Waals surface area contributed by atoms with Gasteiger partial charge in [-0.3, -0.25) is 9.89 Å². The van der Waals surface area contributed by atoms with Gasteiger partial charge in [0.2, 0.25) is 5.91 Å². The molecule has 0 unspecified atom stereocenters. The predicted molar refractivity (Wildman–Crippen MR) is 69.2 cm³/mol. The second-order valence-corrected chi connectivity index (χ2v) is 5.58. The first-order valence-electron chi connectivity index (χ1n) is 6.72. The fraction of sp³-hybridized carbons (Fsp3) is 0.692. The van der Waals surface area contributed by atoms with Gasteiger partial charge in [0.1, 0.15) is 0 Å². The Kier molecular flexibility index (Phi) is 3.06. The molecule has 0 radical (unpaired) electrons. The number of hydrogen-bond donors (Lipinski definition) is 2. The van der Waals surface area contributed by atoms with Crippen molar-refractivity contribution >= 4 is 5.91 Å². The number of fused-ring (bicyclic) bond motifs is 1. The molecule has 0 aromatic carbocycles. The summed E-state index contributed by atoms with van der Waals surface area (Å²) in [6.07, 6.45) is 4.22. The number of nitrogens with zero attached hydrogens (tertiary/aromatic N) is 2. The van der Waals surface area contributed by atoms with Crippen LogP contribution in [0.2, 0.25) is 0 Å². The fourth-order valence-corrected chi connectivity index (χ4v) is 3.09. The van der Waals surface area contributed by atoms with E-state index in [0.29, 0.717) is 13.1 Å². The van der Waals surface area contributed by atoms with Crippen molar-refractivity contribution in [3.63, 3.8) is 0 Å². The molecule has 1 aliphatic carbocycles. The zero-order chi connectivity index (χ0) is 13.5. The molecule has 1 amide bonds. The standard InChI is InChI=1S/C13H20N4O2/c1-19-13(8-14)4-10(5-13)12(18)17-3-2-9-6-15-16-11(9)7-17/h6,10H,2-5,7-8,14H2,1H3,(H,15,16). The third kappa shape index (κ3) is 2.04. The number of methoxy groups -OCH3 is 1. The van der Waals surface area contributed by atoms with E-state index >= 15 is 0 Å². The van der Waals surface area contributed by atoms with Crippen molar-refractivity contribution in [3.8, 4) is 0 Å². The second-order valence-electron chi connectivity index (χ2n) is 5.58. The van der Waals surface area contributed by atoms with Crippen LogP contribution < -0.4 is 5.73 Å². The molecule has 1 aromatic heterocycles. The molecule has 1 aliphatic heterocycles. The van der Waals surface area contributed by atoms with Crippen molar-refractivity contribution in [2.75, 3.05) is 20.2 Å². The lowest BCUT2D eigenvalue weighted by Gasteiger charge is -2.46. The largest absolute Gasteiger partial charge is 0.377 e. The summed E-state index contributed by atoms with van der Waals surface area (Å²) in [6.45, 7) is 1.91. The molecular formula is C13H20N4O2. The van der Waals surface area contributed by atoms with Crippen molar-refractivity contribution in [1.82, 2.24) is 15.1 Å². The van der Waals surface area contributed by atoms with Crippen LogP contribution >= 0.6 is 0 Å². The molecule has 1 fully saturated rings. The lowest BCUT2D eigenvalue weighted by Crippen LogP contribution is -2.56. The normalized spacial score (nSPS) is 29.8. The van der Waals surface area contributed by atoms with Crippen molar-refractivity contribution < 1.29 is 9.53 Å². The molecule has 104 valence electrons. The number of H-pyrrole nitrogens is 1. The maximum absolute atomic E-state index is 12.4. The third-order valence-corrected chi connectivity index (χ3v) is 4.51. The minimum atomic E-state index is -0.269. The Morgan fingerprint density at radius 2 is 2.47 bits per heavy atom. The van der Waals surface area contributed by atoms with Crippen molar-refractivity contribution in [2.24, 2.45) is 11.7 Å². The Labute approximate surface area is 112 Å². The number of carbonyl (C=O) groups is 1. The molecule has 3 rings (SSSR count). The average molecular weight is 264 g/mol. The zero-order valence-corrected chi connectivity index (χ0v) is 11.2. The summed E-state index contributed by atoms with van der Waals surface area (Å²) in [6, 6.07) is 0. The SMILES string of the molecule is COC1(CN)CC(C(=O)N2CCc3cn[nH]c3C2)C1. The Morgan fingerprint density at radius 1 is 1.68 bits per heavy atom. The van der Waals surface area contributed by atoms with Crippen LogP contribution in [0.1, 0.15) is 24.1 Å². The maximum Gasteiger partial charge on any atom is 0.226 e. The Hall–Kier alpha value is -1.40. The van der Waals surface area contributed by atoms with Crippen molar-refractivity contribution in [3.05, 3.63) is 17.5 Å². The highest BCUT2D eigenvalue weighted by Crippen LogP contribution is 2.41. The number of carbonyl (C=O) groups excluding carboxylic acids is 1. The van der Waals surface area contributed by atoms with Gasteiger partial charge in [-0.05, 0) is 24.8 Å². The molecule has 19 heavy (non-hydrogen) atoms. The lowest BCUT2D eigenvalue weighted by atomic mass is 9.70. The van der Waals surface area contributed by atoms with Gasteiger partial charge < -0.3 is 15.4 Å². The molecular weight excluding hydrogens is 244 g/mol. The highest BCUT2D eigenvalue weighted by atomic mass is 16.5. The van der Waals surface area contributed by atoms with Gasteiger partial charge in [0, 0.05) is 26.1 Å². The maximum atomic E-state index is 12.4. The predicted octanol–water partition coefficient (Wildman–Crippen LogP) is 0.0483. The van der Waals surface area contributed by atoms with E-state index in [1.807, 2.05) is 11.1 Å². The fourth-order valence-electron chi connectivity index (χ4n) is 3.09. The van der Waals surface area contributed by atoms with Gasteiger partial charge in [-0.2, -0.15) is 5.10 Å². The number of rotatable bonds is 3. The van der Waals surface area contributed by atoms with Crippen molar-refractivity contribution in [2.45, 2.75) is 31.4 Å². The van der Waals surface area contributed by atoms with Gasteiger partial charge >= 0.3 is 0 Å². The number of amides is 1. The molecule has 6 nitrogen and oxygen atoms in total. The van der Waals surface area contributed by atoms with E-state index < -0.39 is 0 Å². The van der Waals surface area contributed by atoms with Gasteiger partial charge in [-0.25, -0.2) is 0 Å². The first kappa shape index (κ1) is 12.6. The van der Waals surface area contributed by atoms with Gasteiger partial charge in [0.15, 0.2) is 0 Å². The minimum Gasteiger partial charge on any atom is -0.377 e. The van der Waals surface area contributed by atoms with Gasteiger partial charge in [-0.1, -0.05) is 0 Å². The molecule has 6 heteroatoms. The third-order valence-electron chi connectivity index (χ3n) is 4.51. The van der Waals surface area contributed by atoms with Crippen LogP contribution in [0.3, 0.4) is 0 Å². The van der Waals surface area contributed by atoms with E-state index in [-0.39, 0.29) is 17.4 Å². The number of nitrogens with two attached hydrogens (primary N) is 1. The Balaban J connectivity index is 1.61. The first-order chi connectivity index (χ1) is 9.17. The van der Waals surface area contributed by atoms with Crippen LogP contribution in [0.5, 0.6) is 0 Å². The van der Waals surface area contributed by atoms with Crippen LogP contribution in [0.25, 0.3) is 0 Å². The van der Waals surface area contributed by atoms with E-state index in [0.717, 1.165) is 31.5 Å². The van der Waals surface area contributed by atoms with Crippen LogP contribution in [-0.2, 0) is 22.5 Å². The van der Waals surface area contributed by atoms with E-state index in [2.05, 4.69) is 10.2 Å². The number of nitrogens with one attached hydrogen (secondary N) is 1. The highest BCUT2D eigenvalue weighted by Gasteiger charge is 2.48. The second kappa shape index (κ2) is 4.61. The summed E-state index contributed by atoms with van der Waals surface area (Å²) in [5.74, 6) is 0.286. The summed E-state index contributed by atoms with van der Waals surface area (Å²) in [4.78, 5) is 14.3. The lowest BCUT2D eigenvalue weighted by molar-refractivity contribution is -0.155. The number of ether oxygens (including phenoxy) is 1. The van der Waals surface area contributed by atoms with Crippen LogP contribution in [0.4, 0.5) is 0 Å². The van der Waals surface area contributed by atoms with Crippen molar-refractivity contribution in [1.29, 1.82) is 0 Å². The van der Waals surface area contributed by atoms with Gasteiger partial charge in [-0.15, -0.1) is 0 Å². The molecule has 0 bridgehead atoms. The van der Waals surface area contributed by atoms with E-state index in [1.165, 1.54) is 5.56 Å². The van der Waals surface area contributed by atoms with Gasteiger partial charge in [0.05, 0.1) is 24.0 Å². The van der Waals surface area contributed by atoms with Crippen LogP contribution in [0.15, 0.2) is 6.20 Å². The number of aromatic amines is 1. The minimum absolute atomic E-state index is 0.0629. The van der Waals surface area contributed by atoms with Gasteiger partial charge in [0.25, 0.3) is 0 Å². The smallest absolute Gasteiger partial charge is 0.226 e. The summed E-state index contributed by atoms with van der Waals surface area (Å²) in [5.41, 5.74) is 7.73. The summed E-state index contributed by atoms with van der Waals surface area (Å²) in [5, 5.41) is 6.99. The molecule has 2 heterocycles. The molecule has 2 aliphatic rings. The average Bonchev–Trinajstić information content (AvgIpc) is 2.85. The zero-order valence-electron chi connectivity index (χ0n) is 11.2. The number of aromatic nitrogens is 2.